The maximum absolute atomic E-state index is 3.51. The molecule has 0 radical (unpaired) electrons. The number of para-hydroxylation sites is 1. The highest BCUT2D eigenvalue weighted by atomic mass is 14.9. The lowest BCUT2D eigenvalue weighted by Crippen LogP contribution is -2.43. The Labute approximate surface area is 153 Å². The van der Waals surface area contributed by atoms with Gasteiger partial charge in [0.15, 0.2) is 0 Å². The number of rotatable bonds is 0. The Morgan fingerprint density at radius 1 is 0.640 bits per heavy atom. The van der Waals surface area contributed by atoms with E-state index in [0.29, 0.717) is 5.41 Å². The van der Waals surface area contributed by atoms with Crippen molar-refractivity contribution in [1.29, 1.82) is 0 Å². The van der Waals surface area contributed by atoms with Crippen LogP contribution in [0.3, 0.4) is 0 Å². The fourth-order valence-corrected chi connectivity index (χ4v) is 5.68. The van der Waals surface area contributed by atoms with Crippen molar-refractivity contribution in [3.63, 3.8) is 0 Å². The van der Waals surface area contributed by atoms with E-state index in [0.717, 1.165) is 12.0 Å². The molecular formula is C22H35N3. The van der Waals surface area contributed by atoms with Gasteiger partial charge in [-0.1, -0.05) is 31.0 Å². The first-order valence-corrected chi connectivity index (χ1v) is 10.6. The average Bonchev–Trinajstić information content (AvgIpc) is 3.12. The van der Waals surface area contributed by atoms with Gasteiger partial charge in [0.1, 0.15) is 0 Å². The molecule has 3 nitrogen and oxygen atoms in total. The van der Waals surface area contributed by atoms with Gasteiger partial charge in [-0.2, -0.15) is 0 Å². The number of benzene rings is 1. The number of hydrogen-bond acceptors (Lipinski definition) is 3. The summed E-state index contributed by atoms with van der Waals surface area (Å²) in [5, 5.41) is 10.4. The van der Waals surface area contributed by atoms with Crippen LogP contribution in [0.4, 0.5) is 5.69 Å². The second-order valence-corrected chi connectivity index (χ2v) is 8.71. The lowest BCUT2D eigenvalue weighted by atomic mass is 9.69. The zero-order valence-corrected chi connectivity index (χ0v) is 15.7. The van der Waals surface area contributed by atoms with Gasteiger partial charge >= 0.3 is 0 Å². The molecule has 1 saturated carbocycles. The summed E-state index contributed by atoms with van der Waals surface area (Å²) in [6.07, 6.45) is 12.8. The van der Waals surface area contributed by atoms with E-state index in [1.165, 1.54) is 89.7 Å². The Hall–Kier alpha value is -1.06. The second kappa shape index (κ2) is 7.67. The van der Waals surface area contributed by atoms with Crippen LogP contribution in [0.1, 0.15) is 63.4 Å². The normalized spacial score (nSPS) is 26.4. The lowest BCUT2D eigenvalue weighted by molar-refractivity contribution is 0.210. The van der Waals surface area contributed by atoms with E-state index in [-0.39, 0.29) is 0 Å². The predicted molar refractivity (Wildman–Crippen MR) is 106 cm³/mol. The highest BCUT2D eigenvalue weighted by Gasteiger charge is 2.37. The van der Waals surface area contributed by atoms with Crippen LogP contribution in [0.25, 0.3) is 0 Å². The van der Waals surface area contributed by atoms with Gasteiger partial charge in [0.2, 0.25) is 0 Å². The summed E-state index contributed by atoms with van der Waals surface area (Å²) in [6.45, 7) is 6.04. The first-order valence-electron chi connectivity index (χ1n) is 10.6. The van der Waals surface area contributed by atoms with Crippen LogP contribution >= 0.6 is 0 Å². The molecule has 0 atom stereocenters. The van der Waals surface area contributed by atoms with Gasteiger partial charge < -0.3 is 16.0 Å². The van der Waals surface area contributed by atoms with Gasteiger partial charge in [-0.3, -0.25) is 0 Å². The van der Waals surface area contributed by atoms with Gasteiger partial charge in [0, 0.05) is 17.6 Å². The second-order valence-electron chi connectivity index (χ2n) is 8.71. The van der Waals surface area contributed by atoms with Gasteiger partial charge in [-0.05, 0) is 88.2 Å². The first-order chi connectivity index (χ1) is 12.3. The van der Waals surface area contributed by atoms with Crippen molar-refractivity contribution in [3.8, 4) is 0 Å². The summed E-state index contributed by atoms with van der Waals surface area (Å²) < 4.78 is 0. The molecule has 25 heavy (non-hydrogen) atoms. The minimum absolute atomic E-state index is 0.465. The summed E-state index contributed by atoms with van der Waals surface area (Å²) in [7, 11) is 0. The van der Waals surface area contributed by atoms with Gasteiger partial charge in [-0.25, -0.2) is 0 Å². The van der Waals surface area contributed by atoms with E-state index in [2.05, 4.69) is 40.2 Å². The van der Waals surface area contributed by atoms with Gasteiger partial charge in [0.25, 0.3) is 0 Å². The number of anilines is 1. The van der Waals surface area contributed by atoms with Crippen LogP contribution < -0.4 is 16.0 Å². The van der Waals surface area contributed by atoms with Crippen molar-refractivity contribution in [2.24, 2.45) is 5.41 Å². The molecule has 3 heteroatoms. The quantitative estimate of drug-likeness (QED) is 0.666. The predicted octanol–water partition coefficient (Wildman–Crippen LogP) is 4.05. The molecule has 0 aromatic heterocycles. The zero-order valence-electron chi connectivity index (χ0n) is 15.7. The number of fused-ring (bicyclic) bond motifs is 2. The van der Waals surface area contributed by atoms with E-state index in [1.807, 2.05) is 0 Å². The van der Waals surface area contributed by atoms with Crippen molar-refractivity contribution in [2.45, 2.75) is 63.2 Å². The largest absolute Gasteiger partial charge is 0.385 e. The summed E-state index contributed by atoms with van der Waals surface area (Å²) in [5.74, 6) is 0. The Morgan fingerprint density at radius 3 is 1.96 bits per heavy atom. The first kappa shape index (κ1) is 17.4. The summed E-state index contributed by atoms with van der Waals surface area (Å²) in [4.78, 5) is 0. The third kappa shape index (κ3) is 3.73. The van der Waals surface area contributed by atoms with Crippen LogP contribution in [0.2, 0.25) is 0 Å². The molecular weight excluding hydrogens is 306 g/mol. The molecule has 1 aromatic rings. The molecule has 138 valence electrons. The third-order valence-corrected chi connectivity index (χ3v) is 7.31. The fraction of sp³-hybridized carbons (Fsp3) is 0.727. The molecule has 2 spiro atoms. The molecule has 0 unspecified atom stereocenters. The minimum atomic E-state index is 0.465. The molecule has 5 rings (SSSR count). The number of nitrogens with one attached hydrogen (secondary N) is 3. The summed E-state index contributed by atoms with van der Waals surface area (Å²) in [6, 6.07) is 8.84. The molecule has 1 aromatic carbocycles. The molecule has 3 aliphatic heterocycles. The van der Waals surface area contributed by atoms with Crippen molar-refractivity contribution in [2.75, 3.05) is 38.0 Å². The minimum Gasteiger partial charge on any atom is -0.385 e. The smallest absolute Gasteiger partial charge is 0.0378 e. The van der Waals surface area contributed by atoms with E-state index in [1.54, 1.807) is 5.56 Å². The monoisotopic (exact) mass is 341 g/mol. The number of piperidine rings is 2. The standard InChI is InChI=1S/C13H18N2.C9H17N/c1-2-4-12-11(3-1)13(7-10-15-12)5-8-14-9-6-13;1-2-4-9(3-1)5-7-10-8-6-9/h1-4,14-15H,5-10H2;10H,1-8H2. The molecule has 3 N–H and O–H groups in total. The highest BCUT2D eigenvalue weighted by Crippen LogP contribution is 2.45. The summed E-state index contributed by atoms with van der Waals surface area (Å²) in [5.41, 5.74) is 4.20. The van der Waals surface area contributed by atoms with E-state index in [9.17, 15) is 0 Å². The van der Waals surface area contributed by atoms with Crippen LogP contribution in [-0.4, -0.2) is 32.7 Å². The van der Waals surface area contributed by atoms with Crippen molar-refractivity contribution >= 4 is 5.69 Å². The van der Waals surface area contributed by atoms with Crippen molar-refractivity contribution in [1.82, 2.24) is 10.6 Å². The zero-order chi connectivity index (χ0) is 17.0. The molecule has 0 bridgehead atoms. The Kier molecular flexibility index (Phi) is 5.33. The maximum Gasteiger partial charge on any atom is 0.0378 e. The third-order valence-electron chi connectivity index (χ3n) is 7.31. The molecule has 0 amide bonds. The average molecular weight is 342 g/mol. The molecule has 3 fully saturated rings. The van der Waals surface area contributed by atoms with Crippen molar-refractivity contribution in [3.05, 3.63) is 29.8 Å². The fourth-order valence-electron chi connectivity index (χ4n) is 5.68. The summed E-state index contributed by atoms with van der Waals surface area (Å²) >= 11 is 0. The van der Waals surface area contributed by atoms with E-state index >= 15 is 0 Å². The van der Waals surface area contributed by atoms with Gasteiger partial charge in [-0.15, -0.1) is 0 Å². The Bertz CT molecular complexity index is 548. The number of hydrogen-bond donors (Lipinski definition) is 3. The molecule has 1 aliphatic carbocycles. The van der Waals surface area contributed by atoms with E-state index < -0.39 is 0 Å². The lowest BCUT2D eigenvalue weighted by Gasteiger charge is -2.42. The Balaban J connectivity index is 0.000000136. The SMILES string of the molecule is C1CCC2(C1)CCNCC2.c1ccc2c(c1)NCCC21CCNCC1. The van der Waals surface area contributed by atoms with Crippen LogP contribution in [0, 0.1) is 5.41 Å². The highest BCUT2D eigenvalue weighted by molar-refractivity contribution is 5.57. The van der Waals surface area contributed by atoms with Crippen LogP contribution in [0.15, 0.2) is 24.3 Å². The van der Waals surface area contributed by atoms with Gasteiger partial charge in [0.05, 0.1) is 0 Å². The van der Waals surface area contributed by atoms with E-state index in [4.69, 9.17) is 0 Å². The maximum atomic E-state index is 3.51. The van der Waals surface area contributed by atoms with Crippen LogP contribution in [0.5, 0.6) is 0 Å². The van der Waals surface area contributed by atoms with Crippen molar-refractivity contribution < 1.29 is 0 Å². The molecule has 3 heterocycles. The van der Waals surface area contributed by atoms with Crippen LogP contribution in [-0.2, 0) is 5.41 Å². The Morgan fingerprint density at radius 2 is 1.24 bits per heavy atom. The topological polar surface area (TPSA) is 36.1 Å². The molecule has 4 aliphatic rings. The molecule has 2 saturated heterocycles.